The number of hydrogen-bond donors (Lipinski definition) is 2. The highest BCUT2D eigenvalue weighted by molar-refractivity contribution is 6.04. The van der Waals surface area contributed by atoms with Gasteiger partial charge < -0.3 is 15.5 Å². The fourth-order valence-corrected chi connectivity index (χ4v) is 3.70. The molecule has 174 valence electrons. The molecule has 0 radical (unpaired) electrons. The first-order valence-electron chi connectivity index (χ1n) is 10.9. The Morgan fingerprint density at radius 2 is 1.82 bits per heavy atom. The van der Waals surface area contributed by atoms with Gasteiger partial charge in [-0.1, -0.05) is 24.3 Å². The van der Waals surface area contributed by atoms with Crippen molar-refractivity contribution in [1.82, 2.24) is 14.9 Å². The van der Waals surface area contributed by atoms with Crippen LogP contribution < -0.4 is 10.6 Å². The largest absolute Gasteiger partial charge is 0.363 e. The molecule has 1 heterocycles. The Morgan fingerprint density at radius 1 is 1.00 bits per heavy atom. The van der Waals surface area contributed by atoms with Crippen molar-refractivity contribution in [2.45, 2.75) is 12.5 Å². The first-order chi connectivity index (χ1) is 16.4. The van der Waals surface area contributed by atoms with Gasteiger partial charge in [0, 0.05) is 11.1 Å². The minimum absolute atomic E-state index is 0.122. The highest BCUT2D eigenvalue weighted by Gasteiger charge is 2.17. The second kappa shape index (κ2) is 10.4. The number of benzene rings is 3. The van der Waals surface area contributed by atoms with Crippen LogP contribution >= 0.6 is 0 Å². The molecule has 0 saturated heterocycles. The van der Waals surface area contributed by atoms with Gasteiger partial charge in [0.2, 0.25) is 0 Å². The standard InChI is InChI=1S/C26H25F2N5O/c1-33(2)13-12-23(32-25-20-8-3-4-9-24(20)29-16-30-25)17-6-5-7-19(14-17)31-26(34)21-15-18(27)10-11-22(21)28/h3-11,14-16,23H,12-13H2,1-2H3,(H,31,34)(H,29,30,32). The van der Waals surface area contributed by atoms with E-state index in [9.17, 15) is 13.6 Å². The van der Waals surface area contributed by atoms with Gasteiger partial charge in [0.05, 0.1) is 17.1 Å². The van der Waals surface area contributed by atoms with Gasteiger partial charge in [0.25, 0.3) is 5.91 Å². The lowest BCUT2D eigenvalue weighted by Gasteiger charge is -2.23. The molecule has 0 spiro atoms. The Balaban J connectivity index is 1.61. The van der Waals surface area contributed by atoms with Crippen LogP contribution in [-0.2, 0) is 0 Å². The van der Waals surface area contributed by atoms with Crippen LogP contribution in [0.15, 0.2) is 73.1 Å². The molecule has 0 saturated carbocycles. The van der Waals surface area contributed by atoms with Gasteiger partial charge in [-0.15, -0.1) is 0 Å². The second-order valence-corrected chi connectivity index (χ2v) is 8.23. The van der Waals surface area contributed by atoms with E-state index in [1.54, 1.807) is 6.07 Å². The summed E-state index contributed by atoms with van der Waals surface area (Å²) in [5.41, 5.74) is 1.89. The molecular formula is C26H25F2N5O. The molecule has 0 bridgehead atoms. The van der Waals surface area contributed by atoms with Gasteiger partial charge >= 0.3 is 0 Å². The number of nitrogens with one attached hydrogen (secondary N) is 2. The lowest BCUT2D eigenvalue weighted by Crippen LogP contribution is -2.21. The molecule has 1 unspecified atom stereocenters. The fourth-order valence-electron chi connectivity index (χ4n) is 3.70. The Bertz CT molecular complexity index is 1310. The third kappa shape index (κ3) is 5.52. The number of hydrogen-bond acceptors (Lipinski definition) is 5. The summed E-state index contributed by atoms with van der Waals surface area (Å²) in [7, 11) is 4.00. The van der Waals surface area contributed by atoms with Crippen LogP contribution in [-0.4, -0.2) is 41.4 Å². The van der Waals surface area contributed by atoms with E-state index in [1.165, 1.54) is 6.33 Å². The van der Waals surface area contributed by atoms with Crippen LogP contribution in [0.1, 0.15) is 28.4 Å². The van der Waals surface area contributed by atoms with Crippen molar-refractivity contribution in [3.63, 3.8) is 0 Å². The van der Waals surface area contributed by atoms with Crippen molar-refractivity contribution in [1.29, 1.82) is 0 Å². The SMILES string of the molecule is CN(C)CCC(Nc1ncnc2ccccc12)c1cccc(NC(=O)c2cc(F)ccc2F)c1. The third-order valence-corrected chi connectivity index (χ3v) is 5.44. The summed E-state index contributed by atoms with van der Waals surface area (Å²) in [5.74, 6) is -1.46. The summed E-state index contributed by atoms with van der Waals surface area (Å²) in [4.78, 5) is 23.4. The number of halogens is 2. The van der Waals surface area contributed by atoms with Crippen molar-refractivity contribution in [3.8, 4) is 0 Å². The van der Waals surface area contributed by atoms with E-state index in [2.05, 4.69) is 25.5 Å². The van der Waals surface area contributed by atoms with E-state index in [1.807, 2.05) is 56.6 Å². The number of anilines is 2. The van der Waals surface area contributed by atoms with Crippen molar-refractivity contribution in [2.75, 3.05) is 31.3 Å². The predicted molar refractivity (Wildman–Crippen MR) is 130 cm³/mol. The normalized spacial score (nSPS) is 12.0. The van der Waals surface area contributed by atoms with Gasteiger partial charge in [-0.05, 0) is 75.1 Å². The quantitative estimate of drug-likeness (QED) is 0.374. The molecule has 4 rings (SSSR count). The highest BCUT2D eigenvalue weighted by atomic mass is 19.1. The zero-order valence-electron chi connectivity index (χ0n) is 18.9. The first kappa shape index (κ1) is 23.3. The molecule has 2 N–H and O–H groups in total. The third-order valence-electron chi connectivity index (χ3n) is 5.44. The van der Waals surface area contributed by atoms with E-state index >= 15 is 0 Å². The van der Waals surface area contributed by atoms with Crippen LogP contribution in [0.2, 0.25) is 0 Å². The van der Waals surface area contributed by atoms with Gasteiger partial charge in [-0.2, -0.15) is 0 Å². The molecule has 0 aliphatic rings. The Hall–Kier alpha value is -3.91. The lowest BCUT2D eigenvalue weighted by molar-refractivity contribution is 0.102. The minimum Gasteiger partial charge on any atom is -0.363 e. The number of para-hydroxylation sites is 1. The zero-order valence-corrected chi connectivity index (χ0v) is 18.9. The van der Waals surface area contributed by atoms with Crippen LogP contribution in [0.3, 0.4) is 0 Å². The van der Waals surface area contributed by atoms with Gasteiger partial charge in [-0.25, -0.2) is 18.7 Å². The summed E-state index contributed by atoms with van der Waals surface area (Å²) >= 11 is 0. The van der Waals surface area contributed by atoms with E-state index in [0.29, 0.717) is 11.5 Å². The average Bonchev–Trinajstić information content (AvgIpc) is 2.83. The van der Waals surface area contributed by atoms with Crippen LogP contribution in [0, 0.1) is 11.6 Å². The first-order valence-corrected chi connectivity index (χ1v) is 10.9. The van der Waals surface area contributed by atoms with Crippen molar-refractivity contribution in [2.24, 2.45) is 0 Å². The predicted octanol–water partition coefficient (Wildman–Crippen LogP) is 5.27. The smallest absolute Gasteiger partial charge is 0.258 e. The van der Waals surface area contributed by atoms with Crippen LogP contribution in [0.5, 0.6) is 0 Å². The minimum atomic E-state index is -0.781. The molecule has 0 aliphatic carbocycles. The zero-order chi connectivity index (χ0) is 24.1. The summed E-state index contributed by atoms with van der Waals surface area (Å²) in [6, 6.07) is 17.7. The molecule has 1 aromatic heterocycles. The number of rotatable bonds is 8. The topological polar surface area (TPSA) is 70.2 Å². The lowest BCUT2D eigenvalue weighted by atomic mass is 10.0. The van der Waals surface area contributed by atoms with Crippen molar-refractivity contribution >= 4 is 28.3 Å². The molecule has 1 amide bonds. The van der Waals surface area contributed by atoms with Crippen LogP contribution in [0.4, 0.5) is 20.3 Å². The van der Waals surface area contributed by atoms with Crippen molar-refractivity contribution < 1.29 is 13.6 Å². The summed E-state index contributed by atoms with van der Waals surface area (Å²) in [6.45, 7) is 0.811. The van der Waals surface area contributed by atoms with Crippen LogP contribution in [0.25, 0.3) is 10.9 Å². The van der Waals surface area contributed by atoms with E-state index in [0.717, 1.165) is 47.6 Å². The fraction of sp³-hybridized carbons (Fsp3) is 0.192. The molecule has 6 nitrogen and oxygen atoms in total. The monoisotopic (exact) mass is 461 g/mol. The molecule has 34 heavy (non-hydrogen) atoms. The summed E-state index contributed by atoms with van der Waals surface area (Å²) < 4.78 is 27.5. The van der Waals surface area contributed by atoms with Gasteiger partial charge in [-0.3, -0.25) is 4.79 Å². The average molecular weight is 462 g/mol. The Kier molecular flexibility index (Phi) is 7.08. The maximum absolute atomic E-state index is 14.0. The maximum atomic E-state index is 14.0. The Labute approximate surface area is 196 Å². The second-order valence-electron chi connectivity index (χ2n) is 8.23. The molecule has 3 aromatic carbocycles. The number of nitrogens with zero attached hydrogens (tertiary/aromatic N) is 3. The number of amides is 1. The van der Waals surface area contributed by atoms with Crippen molar-refractivity contribution in [3.05, 3.63) is 95.8 Å². The number of aromatic nitrogens is 2. The summed E-state index contributed by atoms with van der Waals surface area (Å²) in [6.07, 6.45) is 2.29. The molecule has 1 atom stereocenters. The molecule has 8 heteroatoms. The van der Waals surface area contributed by atoms with Gasteiger partial charge in [0.15, 0.2) is 0 Å². The number of carbonyl (C=O) groups excluding carboxylic acids is 1. The molecule has 0 aliphatic heterocycles. The van der Waals surface area contributed by atoms with E-state index < -0.39 is 17.5 Å². The number of fused-ring (bicyclic) bond motifs is 1. The highest BCUT2D eigenvalue weighted by Crippen LogP contribution is 2.28. The Morgan fingerprint density at radius 3 is 2.65 bits per heavy atom. The number of carbonyl (C=O) groups is 1. The maximum Gasteiger partial charge on any atom is 0.258 e. The molecular weight excluding hydrogens is 436 g/mol. The van der Waals surface area contributed by atoms with E-state index in [4.69, 9.17) is 0 Å². The van der Waals surface area contributed by atoms with E-state index in [-0.39, 0.29) is 11.6 Å². The molecule has 0 fully saturated rings. The summed E-state index contributed by atoms with van der Waals surface area (Å²) in [5, 5.41) is 7.10. The van der Waals surface area contributed by atoms with Gasteiger partial charge in [0.1, 0.15) is 23.8 Å². The molecule has 4 aromatic rings.